The number of benzene rings is 3. The van der Waals surface area contributed by atoms with Crippen LogP contribution in [-0.2, 0) is 13.1 Å². The van der Waals surface area contributed by atoms with Crippen LogP contribution in [-0.4, -0.2) is 22.8 Å². The number of carbonyl (C=O) groups is 1. The maximum absolute atomic E-state index is 12.5. The molecule has 0 saturated carbocycles. The Morgan fingerprint density at radius 2 is 1.57 bits per heavy atom. The summed E-state index contributed by atoms with van der Waals surface area (Å²) in [7, 11) is 2.03. The molecule has 3 aromatic rings. The summed E-state index contributed by atoms with van der Waals surface area (Å²) < 4.78 is 0. The van der Waals surface area contributed by atoms with Crippen LogP contribution in [0, 0.1) is 10.1 Å². The first-order chi connectivity index (χ1) is 13.5. The largest absolute Gasteiger partial charge is 0.322 e. The third-order valence-electron chi connectivity index (χ3n) is 4.34. The second-order valence-electron chi connectivity index (χ2n) is 6.57. The molecule has 0 spiro atoms. The second-order valence-corrected chi connectivity index (χ2v) is 6.57. The Morgan fingerprint density at radius 1 is 0.929 bits per heavy atom. The van der Waals surface area contributed by atoms with Crippen molar-refractivity contribution in [2.75, 3.05) is 12.4 Å². The van der Waals surface area contributed by atoms with E-state index in [0.29, 0.717) is 12.1 Å². The highest BCUT2D eigenvalue weighted by Crippen LogP contribution is 2.20. The Morgan fingerprint density at radius 3 is 2.25 bits per heavy atom. The zero-order valence-electron chi connectivity index (χ0n) is 15.5. The first kappa shape index (κ1) is 19.3. The summed E-state index contributed by atoms with van der Waals surface area (Å²) in [6.45, 7) is 1.47. The average molecular weight is 375 g/mol. The van der Waals surface area contributed by atoms with E-state index in [1.54, 1.807) is 0 Å². The molecule has 0 bridgehead atoms. The molecule has 1 N–H and O–H groups in total. The minimum absolute atomic E-state index is 0.0421. The zero-order valence-corrected chi connectivity index (χ0v) is 15.5. The van der Waals surface area contributed by atoms with E-state index < -0.39 is 4.92 Å². The predicted octanol–water partition coefficient (Wildman–Crippen LogP) is 4.48. The van der Waals surface area contributed by atoms with Crippen LogP contribution < -0.4 is 5.32 Å². The fourth-order valence-electron chi connectivity index (χ4n) is 2.95. The van der Waals surface area contributed by atoms with Crippen molar-refractivity contribution < 1.29 is 9.72 Å². The number of nitro groups is 1. The quantitative estimate of drug-likeness (QED) is 0.488. The smallest absolute Gasteiger partial charge is 0.269 e. The number of anilines is 1. The van der Waals surface area contributed by atoms with Gasteiger partial charge in [0.15, 0.2) is 0 Å². The van der Waals surface area contributed by atoms with E-state index in [1.807, 2.05) is 49.5 Å². The molecule has 0 radical (unpaired) electrons. The maximum Gasteiger partial charge on any atom is 0.269 e. The molecule has 142 valence electrons. The highest BCUT2D eigenvalue weighted by Gasteiger charge is 2.12. The summed E-state index contributed by atoms with van der Waals surface area (Å²) in [6, 6.07) is 23.4. The van der Waals surface area contributed by atoms with Gasteiger partial charge in [-0.3, -0.25) is 19.8 Å². The van der Waals surface area contributed by atoms with Gasteiger partial charge in [-0.25, -0.2) is 0 Å². The highest BCUT2D eigenvalue weighted by molar-refractivity contribution is 6.04. The van der Waals surface area contributed by atoms with Gasteiger partial charge in [-0.2, -0.15) is 0 Å². The van der Waals surface area contributed by atoms with Gasteiger partial charge >= 0.3 is 0 Å². The van der Waals surface area contributed by atoms with E-state index in [1.165, 1.54) is 29.8 Å². The molecule has 3 rings (SSSR count). The number of hydrogen-bond acceptors (Lipinski definition) is 4. The third-order valence-corrected chi connectivity index (χ3v) is 4.34. The summed E-state index contributed by atoms with van der Waals surface area (Å²) in [5, 5.41) is 13.7. The lowest BCUT2D eigenvalue weighted by atomic mass is 10.1. The van der Waals surface area contributed by atoms with Crippen molar-refractivity contribution in [1.82, 2.24) is 4.90 Å². The number of para-hydroxylation sites is 1. The van der Waals surface area contributed by atoms with Gasteiger partial charge in [-0.15, -0.1) is 0 Å². The van der Waals surface area contributed by atoms with Crippen LogP contribution in [0.2, 0.25) is 0 Å². The van der Waals surface area contributed by atoms with Gasteiger partial charge in [-0.1, -0.05) is 48.5 Å². The lowest BCUT2D eigenvalue weighted by Gasteiger charge is -2.19. The average Bonchev–Trinajstić information content (AvgIpc) is 2.70. The van der Waals surface area contributed by atoms with E-state index in [-0.39, 0.29) is 11.6 Å². The molecule has 1 amide bonds. The molecule has 0 aromatic heterocycles. The number of amides is 1. The van der Waals surface area contributed by atoms with Crippen LogP contribution in [0.15, 0.2) is 78.9 Å². The fraction of sp³-hybridized carbons (Fsp3) is 0.136. The van der Waals surface area contributed by atoms with Crippen molar-refractivity contribution in [3.05, 3.63) is 106 Å². The Hall–Kier alpha value is -3.51. The normalized spacial score (nSPS) is 10.6. The van der Waals surface area contributed by atoms with Gasteiger partial charge in [0.1, 0.15) is 0 Å². The summed E-state index contributed by atoms with van der Waals surface area (Å²) in [4.78, 5) is 25.0. The SMILES string of the molecule is CN(Cc1ccccc1)Cc1ccccc1NC(=O)c1ccc([N+](=O)[O-])cc1. The number of carbonyl (C=O) groups excluding carboxylic acids is 1. The molecule has 0 heterocycles. The van der Waals surface area contributed by atoms with Crippen LogP contribution in [0.25, 0.3) is 0 Å². The predicted molar refractivity (Wildman–Crippen MR) is 109 cm³/mol. The van der Waals surface area contributed by atoms with Crippen LogP contribution in [0.5, 0.6) is 0 Å². The van der Waals surface area contributed by atoms with Crippen LogP contribution in [0.1, 0.15) is 21.5 Å². The van der Waals surface area contributed by atoms with E-state index in [9.17, 15) is 14.9 Å². The van der Waals surface area contributed by atoms with Gasteiger partial charge in [0.2, 0.25) is 0 Å². The molecule has 0 unspecified atom stereocenters. The van der Waals surface area contributed by atoms with E-state index in [0.717, 1.165) is 17.8 Å². The summed E-state index contributed by atoms with van der Waals surface area (Å²) in [5.74, 6) is -0.298. The lowest BCUT2D eigenvalue weighted by molar-refractivity contribution is -0.384. The molecule has 0 aliphatic heterocycles. The summed E-state index contributed by atoms with van der Waals surface area (Å²) in [6.07, 6.45) is 0. The number of hydrogen-bond donors (Lipinski definition) is 1. The van der Waals surface area contributed by atoms with Gasteiger partial charge < -0.3 is 5.32 Å². The fourth-order valence-corrected chi connectivity index (χ4v) is 2.95. The topological polar surface area (TPSA) is 75.5 Å². The molecule has 6 heteroatoms. The van der Waals surface area contributed by atoms with E-state index in [2.05, 4.69) is 22.3 Å². The standard InChI is InChI=1S/C22H21N3O3/c1-24(15-17-7-3-2-4-8-17)16-19-9-5-6-10-21(19)23-22(26)18-11-13-20(14-12-18)25(27)28/h2-14H,15-16H2,1H3,(H,23,26). The molecule has 6 nitrogen and oxygen atoms in total. The van der Waals surface area contributed by atoms with Crippen molar-refractivity contribution >= 4 is 17.3 Å². The second kappa shape index (κ2) is 8.92. The molecule has 0 atom stereocenters. The molecular formula is C22H21N3O3. The Bertz CT molecular complexity index is 956. The van der Waals surface area contributed by atoms with Gasteiger partial charge in [0.25, 0.3) is 11.6 Å². The first-order valence-electron chi connectivity index (χ1n) is 8.89. The number of nitro benzene ring substituents is 1. The molecule has 28 heavy (non-hydrogen) atoms. The van der Waals surface area contributed by atoms with Crippen molar-refractivity contribution in [3.63, 3.8) is 0 Å². The molecule has 0 saturated heterocycles. The number of nitrogens with zero attached hydrogens (tertiary/aromatic N) is 2. The highest BCUT2D eigenvalue weighted by atomic mass is 16.6. The summed E-state index contributed by atoms with van der Waals surface area (Å²) in [5.41, 5.74) is 3.27. The van der Waals surface area contributed by atoms with Crippen molar-refractivity contribution in [1.29, 1.82) is 0 Å². The lowest BCUT2D eigenvalue weighted by Crippen LogP contribution is -2.19. The zero-order chi connectivity index (χ0) is 19.9. The van der Waals surface area contributed by atoms with Crippen molar-refractivity contribution in [3.8, 4) is 0 Å². The van der Waals surface area contributed by atoms with Crippen molar-refractivity contribution in [2.45, 2.75) is 13.1 Å². The van der Waals surface area contributed by atoms with Gasteiger partial charge in [0, 0.05) is 36.5 Å². The minimum atomic E-state index is -0.487. The minimum Gasteiger partial charge on any atom is -0.322 e. The van der Waals surface area contributed by atoms with Crippen LogP contribution >= 0.6 is 0 Å². The molecule has 3 aromatic carbocycles. The van der Waals surface area contributed by atoms with Crippen LogP contribution in [0.3, 0.4) is 0 Å². The summed E-state index contributed by atoms with van der Waals surface area (Å²) >= 11 is 0. The van der Waals surface area contributed by atoms with Crippen LogP contribution in [0.4, 0.5) is 11.4 Å². The van der Waals surface area contributed by atoms with Gasteiger partial charge in [0.05, 0.1) is 4.92 Å². The maximum atomic E-state index is 12.5. The Balaban J connectivity index is 1.69. The monoisotopic (exact) mass is 375 g/mol. The molecule has 0 aliphatic carbocycles. The molecule has 0 fully saturated rings. The number of non-ortho nitro benzene ring substituents is 1. The molecule has 0 aliphatic rings. The number of rotatable bonds is 7. The number of nitrogens with one attached hydrogen (secondary N) is 1. The Kier molecular flexibility index (Phi) is 6.14. The van der Waals surface area contributed by atoms with Crippen molar-refractivity contribution in [2.24, 2.45) is 0 Å². The van der Waals surface area contributed by atoms with Gasteiger partial charge in [-0.05, 0) is 36.4 Å². The Labute approximate surface area is 163 Å². The third kappa shape index (κ3) is 5.02. The van der Waals surface area contributed by atoms with E-state index >= 15 is 0 Å². The first-order valence-corrected chi connectivity index (χ1v) is 8.89. The molecular weight excluding hydrogens is 354 g/mol. The van der Waals surface area contributed by atoms with E-state index in [4.69, 9.17) is 0 Å².